The Kier molecular flexibility index (Phi) is 6.06. The lowest BCUT2D eigenvalue weighted by Gasteiger charge is -2.36. The monoisotopic (exact) mass is 411 g/mol. The first-order chi connectivity index (χ1) is 14.5. The van der Waals surface area contributed by atoms with Crippen LogP contribution in [-0.2, 0) is 4.79 Å². The number of likely N-dealkylation sites (tertiary alicyclic amines) is 2. The van der Waals surface area contributed by atoms with Gasteiger partial charge in [0.1, 0.15) is 5.75 Å². The molecular weight excluding hydrogens is 382 g/mol. The van der Waals surface area contributed by atoms with E-state index >= 15 is 0 Å². The molecule has 0 saturated carbocycles. The maximum atomic E-state index is 13.0. The minimum absolute atomic E-state index is 0.0987. The molecule has 2 atom stereocenters. The average molecular weight is 412 g/mol. The van der Waals surface area contributed by atoms with Crippen LogP contribution in [0.2, 0.25) is 0 Å². The maximum Gasteiger partial charge on any atom is 0.291 e. The molecule has 0 radical (unpaired) electrons. The number of oxazole rings is 1. The summed E-state index contributed by atoms with van der Waals surface area (Å²) in [6, 6.07) is 9.79. The first-order valence-corrected chi connectivity index (χ1v) is 10.7. The van der Waals surface area contributed by atoms with Crippen LogP contribution in [0.1, 0.15) is 36.0 Å². The Morgan fingerprint density at radius 1 is 1.13 bits per heavy atom. The van der Waals surface area contributed by atoms with Crippen molar-refractivity contribution in [3.63, 3.8) is 0 Å². The molecule has 2 aromatic rings. The lowest BCUT2D eigenvalue weighted by molar-refractivity contribution is -0.130. The molecule has 160 valence electrons. The van der Waals surface area contributed by atoms with E-state index in [0.29, 0.717) is 43.0 Å². The summed E-state index contributed by atoms with van der Waals surface area (Å²) < 4.78 is 11.4. The van der Waals surface area contributed by atoms with E-state index < -0.39 is 0 Å². The van der Waals surface area contributed by atoms with Gasteiger partial charge in [-0.1, -0.05) is 18.2 Å². The molecule has 2 fully saturated rings. The number of benzene rings is 1. The van der Waals surface area contributed by atoms with E-state index in [1.54, 1.807) is 13.8 Å². The summed E-state index contributed by atoms with van der Waals surface area (Å²) in [4.78, 5) is 32.6. The number of nitrogens with zero attached hydrogens (tertiary/aromatic N) is 3. The van der Waals surface area contributed by atoms with Crippen molar-refractivity contribution in [3.05, 3.63) is 48.2 Å². The van der Waals surface area contributed by atoms with Crippen LogP contribution in [0.15, 0.2) is 41.1 Å². The van der Waals surface area contributed by atoms with Gasteiger partial charge in [-0.15, -0.1) is 0 Å². The largest absolute Gasteiger partial charge is 0.493 e. The van der Waals surface area contributed by atoms with Crippen molar-refractivity contribution < 1.29 is 18.7 Å². The van der Waals surface area contributed by atoms with Gasteiger partial charge in [-0.2, -0.15) is 0 Å². The fraction of sp³-hybridized carbons (Fsp3) is 0.522. The number of hydrogen-bond acceptors (Lipinski definition) is 5. The molecule has 0 unspecified atom stereocenters. The molecule has 2 aliphatic rings. The van der Waals surface area contributed by atoms with Gasteiger partial charge in [0.05, 0.1) is 12.3 Å². The number of rotatable bonds is 5. The highest BCUT2D eigenvalue weighted by molar-refractivity contribution is 5.92. The summed E-state index contributed by atoms with van der Waals surface area (Å²) >= 11 is 0. The normalized spacial score (nSPS) is 22.3. The zero-order chi connectivity index (χ0) is 21.1. The molecule has 7 heteroatoms. The van der Waals surface area contributed by atoms with Gasteiger partial charge in [0.2, 0.25) is 11.7 Å². The third kappa shape index (κ3) is 4.35. The van der Waals surface area contributed by atoms with Crippen LogP contribution >= 0.6 is 0 Å². The Bertz CT molecular complexity index is 874. The van der Waals surface area contributed by atoms with Gasteiger partial charge < -0.3 is 19.0 Å². The second-order valence-corrected chi connectivity index (χ2v) is 8.37. The number of carbonyl (C=O) groups is 2. The van der Waals surface area contributed by atoms with E-state index in [2.05, 4.69) is 4.98 Å². The standard InChI is InChI=1S/C23H29N3O4/c1-16-22(30-15-24-16)23(28)26-12-19(14-29-20-6-4-3-5-7-20)21(13-26)18-8-10-25(11-9-18)17(2)27/h3-7,15,18-19,21H,8-14H2,1-2H3/t19-,21-/m0/s1. The number of para-hydroxylation sites is 1. The Labute approximate surface area is 177 Å². The van der Waals surface area contributed by atoms with Gasteiger partial charge in [-0.3, -0.25) is 9.59 Å². The predicted molar refractivity (Wildman–Crippen MR) is 111 cm³/mol. The molecule has 0 aliphatic carbocycles. The highest BCUT2D eigenvalue weighted by Gasteiger charge is 2.42. The van der Waals surface area contributed by atoms with Gasteiger partial charge in [-0.05, 0) is 43.7 Å². The zero-order valence-corrected chi connectivity index (χ0v) is 17.6. The Morgan fingerprint density at radius 2 is 1.87 bits per heavy atom. The quantitative estimate of drug-likeness (QED) is 0.756. The molecule has 2 amide bonds. The second kappa shape index (κ2) is 8.90. The lowest BCUT2D eigenvalue weighted by atomic mass is 9.78. The minimum atomic E-state index is -0.0987. The van der Waals surface area contributed by atoms with Crippen molar-refractivity contribution in [2.45, 2.75) is 26.7 Å². The SMILES string of the molecule is CC(=O)N1CCC([C@@H]2CN(C(=O)c3ocnc3C)C[C@H]2COc2ccccc2)CC1. The zero-order valence-electron chi connectivity index (χ0n) is 17.6. The van der Waals surface area contributed by atoms with Crippen molar-refractivity contribution in [1.29, 1.82) is 0 Å². The van der Waals surface area contributed by atoms with Crippen molar-refractivity contribution in [2.24, 2.45) is 17.8 Å². The van der Waals surface area contributed by atoms with Gasteiger partial charge >= 0.3 is 0 Å². The highest BCUT2D eigenvalue weighted by atomic mass is 16.5. The Morgan fingerprint density at radius 3 is 2.50 bits per heavy atom. The van der Waals surface area contributed by atoms with Gasteiger partial charge in [0.25, 0.3) is 5.91 Å². The smallest absolute Gasteiger partial charge is 0.291 e. The Balaban J connectivity index is 1.46. The van der Waals surface area contributed by atoms with Gasteiger partial charge in [-0.25, -0.2) is 4.98 Å². The molecule has 30 heavy (non-hydrogen) atoms. The Hall–Kier alpha value is -2.83. The first-order valence-electron chi connectivity index (χ1n) is 10.7. The summed E-state index contributed by atoms with van der Waals surface area (Å²) in [7, 11) is 0. The molecule has 0 N–H and O–H groups in total. The number of piperidine rings is 1. The third-order valence-corrected chi connectivity index (χ3v) is 6.52. The van der Waals surface area contributed by atoms with Crippen LogP contribution in [0.25, 0.3) is 0 Å². The number of aromatic nitrogens is 1. The van der Waals surface area contributed by atoms with E-state index in [0.717, 1.165) is 31.7 Å². The maximum absolute atomic E-state index is 13.0. The summed E-state index contributed by atoms with van der Waals surface area (Å²) in [5.74, 6) is 2.27. The molecular formula is C23H29N3O4. The van der Waals surface area contributed by atoms with Crippen LogP contribution in [0.5, 0.6) is 5.75 Å². The number of hydrogen-bond donors (Lipinski definition) is 0. The summed E-state index contributed by atoms with van der Waals surface area (Å²) in [5.41, 5.74) is 0.621. The average Bonchev–Trinajstić information content (AvgIpc) is 3.39. The van der Waals surface area contributed by atoms with Crippen molar-refractivity contribution >= 4 is 11.8 Å². The van der Waals surface area contributed by atoms with Crippen LogP contribution in [0, 0.1) is 24.7 Å². The first kappa shape index (κ1) is 20.4. The number of amides is 2. The lowest BCUT2D eigenvalue weighted by Crippen LogP contribution is -2.40. The second-order valence-electron chi connectivity index (χ2n) is 8.37. The summed E-state index contributed by atoms with van der Waals surface area (Å²) in [6.07, 6.45) is 3.26. The van der Waals surface area contributed by atoms with Gasteiger partial charge in [0.15, 0.2) is 6.39 Å². The minimum Gasteiger partial charge on any atom is -0.493 e. The number of carbonyl (C=O) groups excluding carboxylic acids is 2. The van der Waals surface area contributed by atoms with Crippen LogP contribution in [0.3, 0.4) is 0 Å². The van der Waals surface area contributed by atoms with Crippen molar-refractivity contribution in [2.75, 3.05) is 32.8 Å². The molecule has 2 aliphatic heterocycles. The van der Waals surface area contributed by atoms with Crippen molar-refractivity contribution in [3.8, 4) is 5.75 Å². The fourth-order valence-corrected chi connectivity index (χ4v) is 4.79. The molecule has 2 saturated heterocycles. The van der Waals surface area contributed by atoms with E-state index in [1.165, 1.54) is 6.39 Å². The van der Waals surface area contributed by atoms with Crippen LogP contribution < -0.4 is 4.74 Å². The predicted octanol–water partition coefficient (Wildman–Crippen LogP) is 3.01. The van der Waals surface area contributed by atoms with Crippen molar-refractivity contribution in [1.82, 2.24) is 14.8 Å². The van der Waals surface area contributed by atoms with E-state index in [4.69, 9.17) is 9.15 Å². The molecule has 7 nitrogen and oxygen atoms in total. The molecule has 1 aromatic carbocycles. The number of aryl methyl sites for hydroxylation is 1. The number of ether oxygens (including phenoxy) is 1. The molecule has 1 aromatic heterocycles. The fourth-order valence-electron chi connectivity index (χ4n) is 4.79. The summed E-state index contributed by atoms with van der Waals surface area (Å²) in [5, 5.41) is 0. The van der Waals surface area contributed by atoms with E-state index in [1.807, 2.05) is 40.1 Å². The van der Waals surface area contributed by atoms with E-state index in [9.17, 15) is 9.59 Å². The molecule has 0 spiro atoms. The summed E-state index contributed by atoms with van der Waals surface area (Å²) in [6.45, 7) is 6.90. The molecule has 3 heterocycles. The highest BCUT2D eigenvalue weighted by Crippen LogP contribution is 2.37. The molecule has 4 rings (SSSR count). The third-order valence-electron chi connectivity index (χ3n) is 6.52. The molecule has 0 bridgehead atoms. The van der Waals surface area contributed by atoms with Crippen LogP contribution in [-0.4, -0.2) is 59.4 Å². The van der Waals surface area contributed by atoms with E-state index in [-0.39, 0.29) is 17.7 Å². The topological polar surface area (TPSA) is 75.9 Å². The van der Waals surface area contributed by atoms with Gasteiger partial charge in [0, 0.05) is 39.0 Å². The van der Waals surface area contributed by atoms with Crippen LogP contribution in [0.4, 0.5) is 0 Å².